The van der Waals surface area contributed by atoms with Crippen molar-refractivity contribution in [3.8, 4) is 0 Å². The lowest BCUT2D eigenvalue weighted by molar-refractivity contribution is -0.121. The van der Waals surface area contributed by atoms with Crippen molar-refractivity contribution < 1.29 is 4.79 Å². The van der Waals surface area contributed by atoms with Gasteiger partial charge in [0.1, 0.15) is 6.04 Å². The van der Waals surface area contributed by atoms with Crippen LogP contribution in [-0.2, 0) is 4.79 Å². The molecule has 1 amide bonds. The molecule has 120 valence electrons. The fourth-order valence-corrected chi connectivity index (χ4v) is 2.31. The number of pyridine rings is 1. The van der Waals surface area contributed by atoms with Gasteiger partial charge in [-0.2, -0.15) is 5.10 Å². The molecule has 3 rings (SSSR count). The van der Waals surface area contributed by atoms with Gasteiger partial charge in [0.2, 0.25) is 0 Å². The molecule has 2 N–H and O–H groups in total. The van der Waals surface area contributed by atoms with Gasteiger partial charge in [0.15, 0.2) is 0 Å². The van der Waals surface area contributed by atoms with Gasteiger partial charge in [0.05, 0.1) is 11.9 Å². The molecule has 0 aliphatic rings. The fourth-order valence-electron chi connectivity index (χ4n) is 2.31. The third-order valence-electron chi connectivity index (χ3n) is 3.59. The number of amides is 1. The summed E-state index contributed by atoms with van der Waals surface area (Å²) >= 11 is 0. The third kappa shape index (κ3) is 3.95. The lowest BCUT2D eigenvalue weighted by atomic mass is 10.1. The van der Waals surface area contributed by atoms with Gasteiger partial charge in [-0.15, -0.1) is 0 Å². The zero-order valence-electron chi connectivity index (χ0n) is 13.3. The Morgan fingerprint density at radius 2 is 1.88 bits per heavy atom. The van der Waals surface area contributed by atoms with Gasteiger partial charge < -0.3 is 5.32 Å². The van der Waals surface area contributed by atoms with Gasteiger partial charge in [-0.05, 0) is 42.0 Å². The van der Waals surface area contributed by atoms with Crippen molar-refractivity contribution in [2.45, 2.75) is 13.0 Å². The van der Waals surface area contributed by atoms with E-state index in [0.717, 1.165) is 11.1 Å². The van der Waals surface area contributed by atoms with E-state index >= 15 is 0 Å². The van der Waals surface area contributed by atoms with Crippen LogP contribution in [0, 0.1) is 0 Å². The zero-order valence-corrected chi connectivity index (χ0v) is 13.3. The predicted octanol–water partition coefficient (Wildman–Crippen LogP) is 3.19. The topological polar surface area (TPSA) is 66.4 Å². The normalized spacial score (nSPS) is 12.2. The van der Waals surface area contributed by atoms with E-state index in [2.05, 4.69) is 26.9 Å². The summed E-state index contributed by atoms with van der Waals surface area (Å²) < 4.78 is 0. The van der Waals surface area contributed by atoms with Crippen molar-refractivity contribution in [3.63, 3.8) is 0 Å². The Labute approximate surface area is 140 Å². The second-order valence-electron chi connectivity index (χ2n) is 5.42. The van der Waals surface area contributed by atoms with E-state index in [-0.39, 0.29) is 5.91 Å². The summed E-state index contributed by atoms with van der Waals surface area (Å²) in [6.07, 6.45) is 3.19. The predicted molar refractivity (Wildman–Crippen MR) is 97.0 cm³/mol. The van der Waals surface area contributed by atoms with Gasteiger partial charge in [-0.25, -0.2) is 5.43 Å². The van der Waals surface area contributed by atoms with Crippen LogP contribution in [0.1, 0.15) is 12.6 Å². The van der Waals surface area contributed by atoms with Crippen LogP contribution in [0.3, 0.4) is 0 Å². The number of nitrogens with zero attached hydrogens (tertiary/aromatic N) is 2. The lowest BCUT2D eigenvalue weighted by Crippen LogP contribution is -2.34. The zero-order chi connectivity index (χ0) is 16.8. The number of anilines is 1. The maximum Gasteiger partial charge on any atom is 0.262 e. The lowest BCUT2D eigenvalue weighted by Gasteiger charge is -2.14. The molecule has 0 spiro atoms. The maximum absolute atomic E-state index is 12.1. The largest absolute Gasteiger partial charge is 0.374 e. The van der Waals surface area contributed by atoms with Gasteiger partial charge in [-0.3, -0.25) is 9.78 Å². The van der Waals surface area contributed by atoms with Crippen LogP contribution in [0.25, 0.3) is 10.8 Å². The Kier molecular flexibility index (Phi) is 4.81. The molecule has 24 heavy (non-hydrogen) atoms. The van der Waals surface area contributed by atoms with E-state index in [1.54, 1.807) is 13.1 Å². The second kappa shape index (κ2) is 7.37. The Balaban J connectivity index is 1.59. The number of fused-ring (bicyclic) bond motifs is 1. The molecule has 1 heterocycles. The minimum absolute atomic E-state index is 0.213. The summed E-state index contributed by atoms with van der Waals surface area (Å²) in [6, 6.07) is 19.2. The first kappa shape index (κ1) is 15.7. The minimum Gasteiger partial charge on any atom is -0.374 e. The van der Waals surface area contributed by atoms with E-state index in [9.17, 15) is 4.79 Å². The molecule has 2 aromatic carbocycles. The standard InChI is InChI=1S/C19H18N4O/c1-14(19(24)23-21-13-18-8-4-5-11-20-18)22-17-10-9-15-6-2-3-7-16(15)12-17/h2-14,22H,1H3,(H,23,24)/b21-13+. The van der Waals surface area contributed by atoms with Crippen LogP contribution in [-0.4, -0.2) is 23.1 Å². The molecule has 0 radical (unpaired) electrons. The summed E-state index contributed by atoms with van der Waals surface area (Å²) in [5.41, 5.74) is 4.10. The molecule has 1 unspecified atom stereocenters. The van der Waals surface area contributed by atoms with Crippen LogP contribution in [0.2, 0.25) is 0 Å². The maximum atomic E-state index is 12.1. The van der Waals surface area contributed by atoms with Crippen molar-refractivity contribution >= 4 is 28.6 Å². The second-order valence-corrected chi connectivity index (χ2v) is 5.42. The summed E-state index contributed by atoms with van der Waals surface area (Å²) in [5, 5.41) is 9.40. The molecule has 1 atom stereocenters. The van der Waals surface area contributed by atoms with Crippen molar-refractivity contribution in [2.75, 3.05) is 5.32 Å². The van der Waals surface area contributed by atoms with Gasteiger partial charge in [0.25, 0.3) is 5.91 Å². The van der Waals surface area contributed by atoms with Crippen molar-refractivity contribution in [3.05, 3.63) is 72.6 Å². The van der Waals surface area contributed by atoms with E-state index in [4.69, 9.17) is 0 Å². The molecule has 0 aliphatic heterocycles. The first-order valence-electron chi connectivity index (χ1n) is 7.72. The molecule has 3 aromatic rings. The highest BCUT2D eigenvalue weighted by Crippen LogP contribution is 2.19. The van der Waals surface area contributed by atoms with Crippen LogP contribution in [0.4, 0.5) is 5.69 Å². The molecule has 5 heteroatoms. The third-order valence-corrected chi connectivity index (χ3v) is 3.59. The van der Waals surface area contributed by atoms with E-state index in [1.165, 1.54) is 11.6 Å². The fraction of sp³-hybridized carbons (Fsp3) is 0.105. The first-order valence-corrected chi connectivity index (χ1v) is 7.72. The number of nitrogens with one attached hydrogen (secondary N) is 2. The number of carbonyl (C=O) groups excluding carboxylic acids is 1. The van der Waals surface area contributed by atoms with Crippen molar-refractivity contribution in [2.24, 2.45) is 5.10 Å². The Morgan fingerprint density at radius 3 is 2.67 bits per heavy atom. The number of hydrogen-bond acceptors (Lipinski definition) is 4. The number of rotatable bonds is 5. The number of aromatic nitrogens is 1. The molecule has 0 saturated carbocycles. The van der Waals surface area contributed by atoms with Crippen molar-refractivity contribution in [1.29, 1.82) is 0 Å². The van der Waals surface area contributed by atoms with Crippen LogP contribution < -0.4 is 10.7 Å². The average Bonchev–Trinajstić information content (AvgIpc) is 2.62. The van der Waals surface area contributed by atoms with Gasteiger partial charge in [-0.1, -0.05) is 36.4 Å². The smallest absolute Gasteiger partial charge is 0.262 e. The Bertz CT molecular complexity index is 861. The summed E-state index contributed by atoms with van der Waals surface area (Å²) in [5.74, 6) is -0.213. The highest BCUT2D eigenvalue weighted by Gasteiger charge is 2.11. The average molecular weight is 318 g/mol. The quantitative estimate of drug-likeness (QED) is 0.561. The molecule has 0 saturated heterocycles. The SMILES string of the molecule is CC(Nc1ccc2ccccc2c1)C(=O)N/N=C/c1ccccn1. The highest BCUT2D eigenvalue weighted by atomic mass is 16.2. The molecule has 0 bridgehead atoms. The van der Waals surface area contributed by atoms with Crippen molar-refractivity contribution in [1.82, 2.24) is 10.4 Å². The summed E-state index contributed by atoms with van der Waals surface area (Å²) in [6.45, 7) is 1.79. The molecule has 0 aliphatic carbocycles. The van der Waals surface area contributed by atoms with E-state index in [0.29, 0.717) is 5.69 Å². The number of hydrogen-bond donors (Lipinski definition) is 2. The first-order chi connectivity index (χ1) is 11.7. The summed E-state index contributed by atoms with van der Waals surface area (Å²) in [4.78, 5) is 16.2. The monoisotopic (exact) mass is 318 g/mol. The molecular formula is C19H18N4O. The number of hydrazone groups is 1. The van der Waals surface area contributed by atoms with Gasteiger partial charge in [0, 0.05) is 11.9 Å². The number of carbonyl (C=O) groups is 1. The Morgan fingerprint density at radius 1 is 1.08 bits per heavy atom. The van der Waals surface area contributed by atoms with Crippen LogP contribution in [0.15, 0.2) is 72.0 Å². The van der Waals surface area contributed by atoms with E-state index < -0.39 is 6.04 Å². The Hall–Kier alpha value is -3.21. The van der Waals surface area contributed by atoms with Crippen LogP contribution >= 0.6 is 0 Å². The molecule has 5 nitrogen and oxygen atoms in total. The van der Waals surface area contributed by atoms with Crippen LogP contribution in [0.5, 0.6) is 0 Å². The molecular weight excluding hydrogens is 300 g/mol. The molecule has 1 aromatic heterocycles. The molecule has 0 fully saturated rings. The van der Waals surface area contributed by atoms with E-state index in [1.807, 2.05) is 54.6 Å². The number of benzene rings is 2. The highest BCUT2D eigenvalue weighted by molar-refractivity contribution is 5.88. The minimum atomic E-state index is -0.410. The summed E-state index contributed by atoms with van der Waals surface area (Å²) in [7, 11) is 0. The van der Waals surface area contributed by atoms with Gasteiger partial charge >= 0.3 is 0 Å².